The van der Waals surface area contributed by atoms with Gasteiger partial charge in [0.15, 0.2) is 0 Å². The number of aryl methyl sites for hydroxylation is 1. The third kappa shape index (κ3) is 4.55. The lowest BCUT2D eigenvalue weighted by Crippen LogP contribution is -2.32. The quantitative estimate of drug-likeness (QED) is 0.596. The second-order valence-corrected chi connectivity index (χ2v) is 5.90. The molecule has 3 N–H and O–H groups in total. The summed E-state index contributed by atoms with van der Waals surface area (Å²) in [6.45, 7) is 5.28. The summed E-state index contributed by atoms with van der Waals surface area (Å²) in [5, 5.41) is 7.46. The zero-order valence-electron chi connectivity index (χ0n) is 12.4. The number of nitrogens with one attached hydrogen (secondary N) is 1. The van der Waals surface area contributed by atoms with Gasteiger partial charge in [0, 0.05) is 23.9 Å². The molecular weight excluding hydrogens is 254 g/mol. The normalized spacial score (nSPS) is 12.7. The number of thioether (sulfide) groups is 1. The Bertz CT molecular complexity index is 431. The fourth-order valence-electron chi connectivity index (χ4n) is 2.19. The van der Waals surface area contributed by atoms with Crippen LogP contribution in [0.4, 0.5) is 0 Å². The summed E-state index contributed by atoms with van der Waals surface area (Å²) in [7, 11) is 2.18. The minimum Gasteiger partial charge on any atom is -0.384 e. The molecule has 0 fully saturated rings. The van der Waals surface area contributed by atoms with Crippen molar-refractivity contribution in [1.82, 2.24) is 4.90 Å². The lowest BCUT2D eigenvalue weighted by molar-refractivity contribution is 0.247. The van der Waals surface area contributed by atoms with E-state index in [1.165, 1.54) is 17.5 Å². The first-order valence-corrected chi connectivity index (χ1v) is 8.02. The van der Waals surface area contributed by atoms with Crippen LogP contribution < -0.4 is 5.73 Å². The van der Waals surface area contributed by atoms with Crippen LogP contribution in [0.1, 0.15) is 30.0 Å². The Balaban J connectivity index is 2.79. The Hall–Kier alpha value is -1.00. The van der Waals surface area contributed by atoms with Crippen LogP contribution in [-0.4, -0.2) is 35.8 Å². The van der Waals surface area contributed by atoms with E-state index in [9.17, 15) is 0 Å². The van der Waals surface area contributed by atoms with Crippen LogP contribution in [0.5, 0.6) is 0 Å². The summed E-state index contributed by atoms with van der Waals surface area (Å²) in [4.78, 5) is 2.41. The maximum absolute atomic E-state index is 7.46. The molecule has 0 aromatic heterocycles. The number of hydrogen-bond donors (Lipinski definition) is 2. The summed E-state index contributed by atoms with van der Waals surface area (Å²) >= 11 is 1.90. The predicted molar refractivity (Wildman–Crippen MR) is 86.1 cm³/mol. The largest absolute Gasteiger partial charge is 0.384 e. The van der Waals surface area contributed by atoms with Crippen molar-refractivity contribution < 1.29 is 0 Å². The second-order valence-electron chi connectivity index (χ2n) is 4.99. The van der Waals surface area contributed by atoms with Gasteiger partial charge in [-0.2, -0.15) is 11.8 Å². The van der Waals surface area contributed by atoms with E-state index in [1.807, 2.05) is 23.9 Å². The van der Waals surface area contributed by atoms with Crippen LogP contribution in [0.25, 0.3) is 0 Å². The lowest BCUT2D eigenvalue weighted by Gasteiger charge is -2.27. The molecule has 3 nitrogen and oxygen atoms in total. The van der Waals surface area contributed by atoms with E-state index in [1.54, 1.807) is 0 Å². The molecule has 1 rings (SSSR count). The van der Waals surface area contributed by atoms with Crippen molar-refractivity contribution in [2.24, 2.45) is 5.73 Å². The predicted octanol–water partition coefficient (Wildman–Crippen LogP) is 2.85. The molecule has 0 bridgehead atoms. The van der Waals surface area contributed by atoms with Gasteiger partial charge in [0.1, 0.15) is 5.84 Å². The minimum atomic E-state index is 0.136. The summed E-state index contributed by atoms with van der Waals surface area (Å²) in [5.74, 6) is 1.30. The van der Waals surface area contributed by atoms with E-state index in [2.05, 4.69) is 38.1 Å². The highest BCUT2D eigenvalue weighted by Gasteiger charge is 2.13. The van der Waals surface area contributed by atoms with Crippen LogP contribution in [-0.2, 0) is 6.54 Å². The molecule has 0 aliphatic rings. The molecule has 0 radical (unpaired) electrons. The Labute approximate surface area is 121 Å². The third-order valence-corrected chi connectivity index (χ3v) is 4.25. The van der Waals surface area contributed by atoms with E-state index in [4.69, 9.17) is 11.1 Å². The van der Waals surface area contributed by atoms with Gasteiger partial charge >= 0.3 is 0 Å². The van der Waals surface area contributed by atoms with Gasteiger partial charge in [-0.25, -0.2) is 0 Å². The highest BCUT2D eigenvalue weighted by atomic mass is 32.2. The first-order chi connectivity index (χ1) is 8.99. The van der Waals surface area contributed by atoms with Crippen molar-refractivity contribution in [2.45, 2.75) is 32.9 Å². The van der Waals surface area contributed by atoms with Gasteiger partial charge < -0.3 is 5.73 Å². The summed E-state index contributed by atoms with van der Waals surface area (Å²) in [6.07, 6.45) is 3.32. The molecule has 1 atom stereocenters. The molecular formula is C15H25N3S. The Kier molecular flexibility index (Phi) is 6.38. The van der Waals surface area contributed by atoms with Gasteiger partial charge in [-0.1, -0.05) is 19.1 Å². The van der Waals surface area contributed by atoms with Gasteiger partial charge in [-0.3, -0.25) is 10.3 Å². The molecule has 0 heterocycles. The van der Waals surface area contributed by atoms with Crippen molar-refractivity contribution in [2.75, 3.05) is 19.1 Å². The molecule has 1 aromatic rings. The maximum atomic E-state index is 7.46. The van der Waals surface area contributed by atoms with E-state index >= 15 is 0 Å². The zero-order chi connectivity index (χ0) is 14.4. The summed E-state index contributed by atoms with van der Waals surface area (Å²) < 4.78 is 0. The second kappa shape index (κ2) is 7.56. The van der Waals surface area contributed by atoms with Crippen molar-refractivity contribution >= 4 is 17.6 Å². The van der Waals surface area contributed by atoms with Crippen LogP contribution in [0, 0.1) is 12.3 Å². The van der Waals surface area contributed by atoms with E-state index in [0.717, 1.165) is 17.9 Å². The molecule has 0 aliphatic heterocycles. The molecule has 1 unspecified atom stereocenters. The first-order valence-electron chi connectivity index (χ1n) is 6.62. The standard InChI is InChI=1S/C15H25N3S/c1-5-14(10-19-4)18(3)9-13-7-6-12(15(16)17)8-11(13)2/h6-8,14H,5,9-10H2,1-4H3,(H3,16,17). The molecule has 0 saturated heterocycles. The smallest absolute Gasteiger partial charge is 0.122 e. The van der Waals surface area contributed by atoms with Crippen LogP contribution in [0.2, 0.25) is 0 Å². The van der Waals surface area contributed by atoms with E-state index in [-0.39, 0.29) is 5.84 Å². The zero-order valence-corrected chi connectivity index (χ0v) is 13.2. The number of hydrogen-bond acceptors (Lipinski definition) is 3. The third-order valence-electron chi connectivity index (χ3n) is 3.53. The number of nitrogen functional groups attached to an aromatic ring is 1. The van der Waals surface area contributed by atoms with Crippen molar-refractivity contribution in [3.8, 4) is 0 Å². The monoisotopic (exact) mass is 279 g/mol. The molecule has 0 spiro atoms. The molecule has 19 heavy (non-hydrogen) atoms. The molecule has 0 saturated carbocycles. The van der Waals surface area contributed by atoms with Gasteiger partial charge in [-0.15, -0.1) is 0 Å². The molecule has 4 heteroatoms. The topological polar surface area (TPSA) is 53.1 Å². The van der Waals surface area contributed by atoms with Gasteiger partial charge in [0.25, 0.3) is 0 Å². The average molecular weight is 279 g/mol. The first kappa shape index (κ1) is 16.1. The number of nitrogens with zero attached hydrogens (tertiary/aromatic N) is 1. The van der Waals surface area contributed by atoms with Crippen LogP contribution in [0.15, 0.2) is 18.2 Å². The highest BCUT2D eigenvalue weighted by Crippen LogP contribution is 2.16. The molecule has 0 amide bonds. The highest BCUT2D eigenvalue weighted by molar-refractivity contribution is 7.98. The van der Waals surface area contributed by atoms with E-state index in [0.29, 0.717) is 6.04 Å². The Morgan fingerprint density at radius 2 is 2.16 bits per heavy atom. The summed E-state index contributed by atoms with van der Waals surface area (Å²) in [6, 6.07) is 6.64. The number of amidine groups is 1. The average Bonchev–Trinajstić information content (AvgIpc) is 2.37. The molecule has 106 valence electrons. The fraction of sp³-hybridized carbons (Fsp3) is 0.533. The summed E-state index contributed by atoms with van der Waals surface area (Å²) in [5.41, 5.74) is 8.84. The maximum Gasteiger partial charge on any atom is 0.122 e. The van der Waals surface area contributed by atoms with Gasteiger partial charge in [-0.05, 0) is 43.8 Å². The van der Waals surface area contributed by atoms with Crippen molar-refractivity contribution in [3.63, 3.8) is 0 Å². The van der Waals surface area contributed by atoms with Crippen molar-refractivity contribution in [1.29, 1.82) is 5.41 Å². The van der Waals surface area contributed by atoms with Crippen LogP contribution >= 0.6 is 11.8 Å². The SMILES string of the molecule is CCC(CSC)N(C)Cc1ccc(C(=N)N)cc1C. The Morgan fingerprint density at radius 3 is 2.63 bits per heavy atom. The molecule has 1 aromatic carbocycles. The van der Waals surface area contributed by atoms with Gasteiger partial charge in [0.05, 0.1) is 0 Å². The minimum absolute atomic E-state index is 0.136. The number of nitrogens with two attached hydrogens (primary N) is 1. The van der Waals surface area contributed by atoms with E-state index < -0.39 is 0 Å². The van der Waals surface area contributed by atoms with Crippen molar-refractivity contribution in [3.05, 3.63) is 34.9 Å². The van der Waals surface area contributed by atoms with Gasteiger partial charge in [0.2, 0.25) is 0 Å². The number of rotatable bonds is 7. The fourth-order valence-corrected chi connectivity index (χ4v) is 3.06. The lowest BCUT2D eigenvalue weighted by atomic mass is 10.0. The number of benzene rings is 1. The van der Waals surface area contributed by atoms with Crippen LogP contribution in [0.3, 0.4) is 0 Å². The Morgan fingerprint density at radius 1 is 1.47 bits per heavy atom. The molecule has 0 aliphatic carbocycles.